The first-order valence-corrected chi connectivity index (χ1v) is 9.63. The van der Waals surface area contributed by atoms with E-state index in [2.05, 4.69) is 24.3 Å². The summed E-state index contributed by atoms with van der Waals surface area (Å²) in [7, 11) is -2.88. The normalized spacial score (nSPS) is 29.2. The Morgan fingerprint density at radius 1 is 0.950 bits per heavy atom. The average Bonchev–Trinajstić information content (AvgIpc) is 2.53. The highest BCUT2D eigenvalue weighted by Gasteiger charge is 2.25. The second kappa shape index (κ2) is 8.17. The van der Waals surface area contributed by atoms with Crippen molar-refractivity contribution in [3.05, 3.63) is 24.3 Å². The Morgan fingerprint density at radius 3 is 1.80 bits per heavy atom. The van der Waals surface area contributed by atoms with Crippen LogP contribution in [-0.4, -0.2) is 19.4 Å². The maximum absolute atomic E-state index is 12.6. The van der Waals surface area contributed by atoms with Crippen molar-refractivity contribution in [2.24, 2.45) is 11.8 Å². The van der Waals surface area contributed by atoms with E-state index in [0.29, 0.717) is 31.2 Å². The Balaban J connectivity index is 1.74. The number of allylic oxidation sites excluding steroid dienone is 4. The topological polar surface area (TPSA) is 35.5 Å². The molecule has 0 N–H and O–H groups in total. The zero-order chi connectivity index (χ0) is 14.3. The molecule has 0 amide bonds. The van der Waals surface area contributed by atoms with Crippen LogP contribution in [0.15, 0.2) is 24.3 Å². The molecule has 2 unspecified atom stereocenters. The average molecular weight is 298 g/mol. The molecule has 0 aromatic rings. The number of rotatable bonds is 7. The molecule has 0 aromatic carbocycles. The van der Waals surface area contributed by atoms with Crippen LogP contribution in [0.1, 0.15) is 45.4 Å². The summed E-state index contributed by atoms with van der Waals surface area (Å²) in [6.07, 6.45) is 15.9. The SMILES string of the molecule is CCP(=O)(OCC1CC=CCC1)OCC1CC=CCC1. The molecule has 2 rings (SSSR count). The third-order valence-corrected chi connectivity index (χ3v) is 6.02. The van der Waals surface area contributed by atoms with Crippen LogP contribution in [0.2, 0.25) is 0 Å². The van der Waals surface area contributed by atoms with Crippen LogP contribution in [-0.2, 0) is 13.6 Å². The molecule has 0 heterocycles. The maximum atomic E-state index is 12.6. The van der Waals surface area contributed by atoms with Crippen molar-refractivity contribution in [3.63, 3.8) is 0 Å². The van der Waals surface area contributed by atoms with E-state index < -0.39 is 7.60 Å². The molecule has 0 aliphatic heterocycles. The van der Waals surface area contributed by atoms with E-state index in [1.165, 1.54) is 0 Å². The van der Waals surface area contributed by atoms with E-state index in [1.54, 1.807) is 0 Å². The second-order valence-corrected chi connectivity index (χ2v) is 8.19. The molecule has 0 bridgehead atoms. The summed E-state index contributed by atoms with van der Waals surface area (Å²) in [5.74, 6) is 1.00. The summed E-state index contributed by atoms with van der Waals surface area (Å²) >= 11 is 0. The van der Waals surface area contributed by atoms with E-state index >= 15 is 0 Å². The lowest BCUT2D eigenvalue weighted by Crippen LogP contribution is -2.14. The molecule has 0 aromatic heterocycles. The van der Waals surface area contributed by atoms with E-state index in [-0.39, 0.29) is 0 Å². The molecular formula is C16H27O3P. The minimum atomic E-state index is -2.88. The minimum Gasteiger partial charge on any atom is -0.308 e. The first-order chi connectivity index (χ1) is 9.72. The largest absolute Gasteiger partial charge is 0.330 e. The van der Waals surface area contributed by atoms with Crippen LogP contribution in [0.4, 0.5) is 0 Å². The van der Waals surface area contributed by atoms with Crippen molar-refractivity contribution in [2.45, 2.75) is 45.4 Å². The molecule has 4 heteroatoms. The third kappa shape index (κ3) is 5.20. The van der Waals surface area contributed by atoms with Crippen LogP contribution in [0.3, 0.4) is 0 Å². The van der Waals surface area contributed by atoms with Gasteiger partial charge in [0, 0.05) is 6.16 Å². The van der Waals surface area contributed by atoms with Crippen molar-refractivity contribution in [2.75, 3.05) is 19.4 Å². The predicted molar refractivity (Wildman–Crippen MR) is 83.0 cm³/mol. The van der Waals surface area contributed by atoms with Gasteiger partial charge in [-0.25, -0.2) is 0 Å². The molecule has 2 aliphatic carbocycles. The summed E-state index contributed by atoms with van der Waals surface area (Å²) in [6, 6.07) is 0. The van der Waals surface area contributed by atoms with Crippen molar-refractivity contribution >= 4 is 7.60 Å². The van der Waals surface area contributed by atoms with Gasteiger partial charge < -0.3 is 9.05 Å². The lowest BCUT2D eigenvalue weighted by Gasteiger charge is -2.24. The molecule has 20 heavy (non-hydrogen) atoms. The quantitative estimate of drug-likeness (QED) is 0.493. The van der Waals surface area contributed by atoms with Crippen LogP contribution in [0, 0.1) is 11.8 Å². The van der Waals surface area contributed by atoms with Gasteiger partial charge in [-0.05, 0) is 50.4 Å². The van der Waals surface area contributed by atoms with Gasteiger partial charge in [0.2, 0.25) is 0 Å². The highest BCUT2D eigenvalue weighted by atomic mass is 31.2. The monoisotopic (exact) mass is 298 g/mol. The third-order valence-electron chi connectivity index (χ3n) is 4.16. The zero-order valence-electron chi connectivity index (χ0n) is 12.5. The Bertz CT molecular complexity index is 357. The molecule has 0 saturated heterocycles. The van der Waals surface area contributed by atoms with E-state index in [9.17, 15) is 4.57 Å². The molecule has 2 aliphatic rings. The standard InChI is InChI=1S/C16H27O3P/c1-2-20(17,18-13-15-9-5-3-6-10-15)19-14-16-11-7-4-8-12-16/h3-5,7,15-16H,2,6,8-14H2,1H3. The molecule has 3 nitrogen and oxygen atoms in total. The number of hydrogen-bond donors (Lipinski definition) is 0. The van der Waals surface area contributed by atoms with Crippen molar-refractivity contribution in [1.29, 1.82) is 0 Å². The Labute approximate surface area is 123 Å². The van der Waals surface area contributed by atoms with Gasteiger partial charge in [-0.1, -0.05) is 31.2 Å². The first kappa shape index (κ1) is 16.0. The fraction of sp³-hybridized carbons (Fsp3) is 0.750. The highest BCUT2D eigenvalue weighted by Crippen LogP contribution is 2.49. The van der Waals surface area contributed by atoms with Crippen molar-refractivity contribution in [1.82, 2.24) is 0 Å². The molecule has 0 spiro atoms. The molecular weight excluding hydrogens is 271 g/mol. The number of hydrogen-bond acceptors (Lipinski definition) is 3. The van der Waals surface area contributed by atoms with E-state index in [1.807, 2.05) is 6.92 Å². The molecule has 0 saturated carbocycles. The van der Waals surface area contributed by atoms with E-state index in [4.69, 9.17) is 9.05 Å². The van der Waals surface area contributed by atoms with E-state index in [0.717, 1.165) is 38.5 Å². The Hall–Kier alpha value is -0.370. The maximum Gasteiger partial charge on any atom is 0.330 e. The predicted octanol–water partition coefficient (Wildman–Crippen LogP) is 4.95. The summed E-state index contributed by atoms with van der Waals surface area (Å²) < 4.78 is 24.0. The van der Waals surface area contributed by atoms with Gasteiger partial charge >= 0.3 is 7.60 Å². The summed E-state index contributed by atoms with van der Waals surface area (Å²) in [4.78, 5) is 0. The molecule has 0 radical (unpaired) electrons. The highest BCUT2D eigenvalue weighted by molar-refractivity contribution is 7.53. The smallest absolute Gasteiger partial charge is 0.308 e. The summed E-state index contributed by atoms with van der Waals surface area (Å²) in [5, 5.41) is 0. The van der Waals surface area contributed by atoms with Crippen LogP contribution >= 0.6 is 7.60 Å². The zero-order valence-corrected chi connectivity index (χ0v) is 13.4. The van der Waals surface area contributed by atoms with Crippen LogP contribution in [0.25, 0.3) is 0 Å². The summed E-state index contributed by atoms with van der Waals surface area (Å²) in [5.41, 5.74) is 0. The Morgan fingerprint density at radius 2 is 1.45 bits per heavy atom. The van der Waals surface area contributed by atoms with Gasteiger partial charge in [0.05, 0.1) is 13.2 Å². The Kier molecular flexibility index (Phi) is 6.54. The molecule has 0 fully saturated rings. The van der Waals surface area contributed by atoms with Gasteiger partial charge in [-0.15, -0.1) is 0 Å². The van der Waals surface area contributed by atoms with Gasteiger partial charge in [-0.3, -0.25) is 4.57 Å². The van der Waals surface area contributed by atoms with Gasteiger partial charge in [0.1, 0.15) is 0 Å². The van der Waals surface area contributed by atoms with Gasteiger partial charge in [-0.2, -0.15) is 0 Å². The second-order valence-electron chi connectivity index (χ2n) is 5.82. The minimum absolute atomic E-state index is 0.470. The lowest BCUT2D eigenvalue weighted by molar-refractivity contribution is 0.155. The summed E-state index contributed by atoms with van der Waals surface area (Å²) in [6.45, 7) is 3.03. The fourth-order valence-corrected chi connectivity index (χ4v) is 3.99. The first-order valence-electron chi connectivity index (χ1n) is 7.90. The fourth-order valence-electron chi connectivity index (χ4n) is 2.67. The van der Waals surface area contributed by atoms with Crippen molar-refractivity contribution < 1.29 is 13.6 Å². The lowest BCUT2D eigenvalue weighted by atomic mass is 9.96. The van der Waals surface area contributed by atoms with Gasteiger partial charge in [0.15, 0.2) is 0 Å². The van der Waals surface area contributed by atoms with Gasteiger partial charge in [0.25, 0.3) is 0 Å². The van der Waals surface area contributed by atoms with Crippen LogP contribution < -0.4 is 0 Å². The molecule has 2 atom stereocenters. The molecule has 114 valence electrons. The van der Waals surface area contributed by atoms with Crippen LogP contribution in [0.5, 0.6) is 0 Å². The van der Waals surface area contributed by atoms with Crippen molar-refractivity contribution in [3.8, 4) is 0 Å².